The molecule has 8 heteroatoms. The predicted octanol–water partition coefficient (Wildman–Crippen LogP) is -0.326. The Morgan fingerprint density at radius 3 is 3.05 bits per heavy atom. The van der Waals surface area contributed by atoms with Gasteiger partial charge in [-0.3, -0.25) is 10.6 Å². The van der Waals surface area contributed by atoms with E-state index in [1.807, 2.05) is 0 Å². The summed E-state index contributed by atoms with van der Waals surface area (Å²) >= 11 is 0. The van der Waals surface area contributed by atoms with Crippen molar-refractivity contribution < 1.29 is 9.63 Å². The summed E-state index contributed by atoms with van der Waals surface area (Å²) in [5.74, 6) is 0. The van der Waals surface area contributed by atoms with E-state index in [1.165, 1.54) is 6.20 Å². The van der Waals surface area contributed by atoms with Crippen LogP contribution in [0.1, 0.15) is 32.6 Å². The van der Waals surface area contributed by atoms with E-state index in [0.717, 1.165) is 38.8 Å². The number of carbonyl (C=O) groups excluding carboxylic acids is 1. The van der Waals surface area contributed by atoms with E-state index in [9.17, 15) is 4.79 Å². The molecule has 0 aromatic heterocycles. The molecule has 2 saturated heterocycles. The number of nitrogens with one attached hydrogen (secondary N) is 6. The lowest BCUT2D eigenvalue weighted by atomic mass is 10.1. The molecule has 22 heavy (non-hydrogen) atoms. The van der Waals surface area contributed by atoms with Crippen LogP contribution in [0.2, 0.25) is 0 Å². The van der Waals surface area contributed by atoms with Crippen molar-refractivity contribution in [2.24, 2.45) is 0 Å². The van der Waals surface area contributed by atoms with Crippen LogP contribution in [0.4, 0.5) is 4.79 Å². The summed E-state index contributed by atoms with van der Waals surface area (Å²) in [6.07, 6.45) is 5.50. The molecule has 2 fully saturated rings. The molecular weight excluding hydrogens is 284 g/mol. The van der Waals surface area contributed by atoms with Gasteiger partial charge in [0, 0.05) is 12.1 Å². The minimum Gasteiger partial charge on any atom is -0.315 e. The minimum atomic E-state index is -0.281. The van der Waals surface area contributed by atoms with E-state index < -0.39 is 0 Å². The lowest BCUT2D eigenvalue weighted by Gasteiger charge is -2.37. The Labute approximate surface area is 131 Å². The first-order valence-electron chi connectivity index (χ1n) is 7.98. The lowest BCUT2D eigenvalue weighted by molar-refractivity contribution is -0.0208. The molecule has 0 spiro atoms. The van der Waals surface area contributed by atoms with Crippen molar-refractivity contribution in [3.05, 3.63) is 12.8 Å². The third-order valence-electron chi connectivity index (χ3n) is 3.85. The fraction of sp³-hybridized carbons (Fsp3) is 0.786. The predicted molar refractivity (Wildman–Crippen MR) is 84.5 cm³/mol. The zero-order valence-electron chi connectivity index (χ0n) is 13.2. The Hall–Kier alpha value is -1.19. The molecule has 2 amide bonds. The monoisotopic (exact) mass is 312 g/mol. The van der Waals surface area contributed by atoms with Crippen molar-refractivity contribution in [2.75, 3.05) is 13.2 Å². The first-order valence-corrected chi connectivity index (χ1v) is 7.98. The third kappa shape index (κ3) is 5.90. The van der Waals surface area contributed by atoms with Crippen LogP contribution in [0.3, 0.4) is 0 Å². The average molecular weight is 312 g/mol. The van der Waals surface area contributed by atoms with Crippen LogP contribution < -0.4 is 32.1 Å². The molecule has 4 atom stereocenters. The molecule has 4 unspecified atom stereocenters. The van der Waals surface area contributed by atoms with Gasteiger partial charge in [0.2, 0.25) is 0 Å². The Kier molecular flexibility index (Phi) is 7.07. The Morgan fingerprint density at radius 1 is 1.45 bits per heavy atom. The SMILES string of the molecule is C=CNC(=O)NC1NC(C)CC(NCCC2CCCON2)N1. The first kappa shape index (κ1) is 17.2. The van der Waals surface area contributed by atoms with Gasteiger partial charge in [-0.25, -0.2) is 4.79 Å². The van der Waals surface area contributed by atoms with Crippen LogP contribution in [0.25, 0.3) is 0 Å². The van der Waals surface area contributed by atoms with Gasteiger partial charge in [-0.05, 0) is 45.4 Å². The summed E-state index contributed by atoms with van der Waals surface area (Å²) in [5.41, 5.74) is 3.07. The van der Waals surface area contributed by atoms with Crippen LogP contribution in [0, 0.1) is 0 Å². The minimum absolute atomic E-state index is 0.162. The second-order valence-electron chi connectivity index (χ2n) is 5.83. The number of carbonyl (C=O) groups is 1. The molecule has 0 aliphatic carbocycles. The van der Waals surface area contributed by atoms with Crippen molar-refractivity contribution in [1.82, 2.24) is 32.1 Å². The summed E-state index contributed by atoms with van der Waals surface area (Å²) in [4.78, 5) is 16.8. The highest BCUT2D eigenvalue weighted by Crippen LogP contribution is 2.08. The number of hydrogen-bond donors (Lipinski definition) is 6. The van der Waals surface area contributed by atoms with Gasteiger partial charge in [-0.2, -0.15) is 5.48 Å². The second kappa shape index (κ2) is 9.06. The van der Waals surface area contributed by atoms with E-state index in [4.69, 9.17) is 4.84 Å². The molecule has 0 aromatic rings. The molecule has 2 aliphatic rings. The lowest BCUT2D eigenvalue weighted by Crippen LogP contribution is -2.68. The summed E-state index contributed by atoms with van der Waals surface area (Å²) in [5, 5.41) is 15.4. The Balaban J connectivity index is 1.68. The molecule has 126 valence electrons. The second-order valence-corrected chi connectivity index (χ2v) is 5.83. The van der Waals surface area contributed by atoms with Gasteiger partial charge in [0.05, 0.1) is 12.8 Å². The zero-order valence-corrected chi connectivity index (χ0v) is 13.2. The molecule has 2 aliphatic heterocycles. The number of amides is 2. The van der Waals surface area contributed by atoms with E-state index in [1.54, 1.807) is 0 Å². The zero-order chi connectivity index (χ0) is 15.8. The summed E-state index contributed by atoms with van der Waals surface area (Å²) < 4.78 is 0. The summed E-state index contributed by atoms with van der Waals surface area (Å²) in [7, 11) is 0. The summed E-state index contributed by atoms with van der Waals surface area (Å²) in [6.45, 7) is 7.27. The van der Waals surface area contributed by atoms with Crippen LogP contribution in [0.5, 0.6) is 0 Å². The van der Waals surface area contributed by atoms with Crippen LogP contribution in [-0.4, -0.2) is 43.7 Å². The number of urea groups is 1. The maximum absolute atomic E-state index is 11.5. The highest BCUT2D eigenvalue weighted by Gasteiger charge is 2.25. The fourth-order valence-corrected chi connectivity index (χ4v) is 2.79. The maximum Gasteiger partial charge on any atom is 0.320 e. The smallest absolute Gasteiger partial charge is 0.315 e. The number of hydroxylamine groups is 1. The van der Waals surface area contributed by atoms with Gasteiger partial charge in [0.1, 0.15) is 6.29 Å². The van der Waals surface area contributed by atoms with Gasteiger partial charge in [0.25, 0.3) is 0 Å². The van der Waals surface area contributed by atoms with Gasteiger partial charge in [-0.1, -0.05) is 6.58 Å². The number of hydrogen-bond acceptors (Lipinski definition) is 6. The van der Waals surface area contributed by atoms with E-state index in [0.29, 0.717) is 12.1 Å². The fourth-order valence-electron chi connectivity index (χ4n) is 2.79. The Bertz CT molecular complexity index is 361. The third-order valence-corrected chi connectivity index (χ3v) is 3.85. The molecule has 8 nitrogen and oxygen atoms in total. The van der Waals surface area contributed by atoms with Gasteiger partial charge in [0.15, 0.2) is 0 Å². The molecule has 2 heterocycles. The largest absolute Gasteiger partial charge is 0.320 e. The van der Waals surface area contributed by atoms with Crippen LogP contribution >= 0.6 is 0 Å². The van der Waals surface area contributed by atoms with E-state index in [2.05, 4.69) is 45.6 Å². The molecule has 0 saturated carbocycles. The van der Waals surface area contributed by atoms with E-state index in [-0.39, 0.29) is 18.5 Å². The molecule has 0 aromatic carbocycles. The highest BCUT2D eigenvalue weighted by atomic mass is 16.6. The highest BCUT2D eigenvalue weighted by molar-refractivity contribution is 5.75. The van der Waals surface area contributed by atoms with Crippen molar-refractivity contribution in [3.63, 3.8) is 0 Å². The molecule has 0 bridgehead atoms. The van der Waals surface area contributed by atoms with Crippen molar-refractivity contribution in [3.8, 4) is 0 Å². The van der Waals surface area contributed by atoms with Gasteiger partial charge >= 0.3 is 6.03 Å². The van der Waals surface area contributed by atoms with Gasteiger partial charge in [-0.15, -0.1) is 0 Å². The number of rotatable bonds is 6. The molecule has 0 radical (unpaired) electrons. The first-order chi connectivity index (χ1) is 10.7. The van der Waals surface area contributed by atoms with Crippen LogP contribution in [-0.2, 0) is 4.84 Å². The quantitative estimate of drug-likeness (QED) is 0.402. The van der Waals surface area contributed by atoms with Crippen molar-refractivity contribution in [1.29, 1.82) is 0 Å². The topological polar surface area (TPSA) is 98.5 Å². The maximum atomic E-state index is 11.5. The Morgan fingerprint density at radius 2 is 2.32 bits per heavy atom. The van der Waals surface area contributed by atoms with Crippen molar-refractivity contribution >= 4 is 6.03 Å². The summed E-state index contributed by atoms with van der Waals surface area (Å²) in [6, 6.07) is 0.452. The molecular formula is C14H28N6O2. The average Bonchev–Trinajstić information content (AvgIpc) is 2.48. The standard InChI is InChI=1S/C14H28N6O2/c1-3-15-14(21)19-13-17-10(2)9-12(18-13)16-7-6-11-5-4-8-22-20-11/h3,10-13,16-18,20H,1,4-9H2,2H3,(H2,15,19,21). The normalized spacial score (nSPS) is 32.2. The van der Waals surface area contributed by atoms with E-state index >= 15 is 0 Å². The molecule has 2 rings (SSSR count). The van der Waals surface area contributed by atoms with Gasteiger partial charge < -0.3 is 20.8 Å². The molecule has 6 N–H and O–H groups in total. The van der Waals surface area contributed by atoms with Crippen LogP contribution in [0.15, 0.2) is 12.8 Å². The van der Waals surface area contributed by atoms with Crippen molar-refractivity contribution in [2.45, 2.75) is 57.1 Å².